The third kappa shape index (κ3) is 4.06. The molecular weight excluding hydrogens is 449 g/mol. The van der Waals surface area contributed by atoms with Gasteiger partial charge in [-0.05, 0) is 36.8 Å². The minimum Gasteiger partial charge on any atom is -0.457 e. The lowest BCUT2D eigenvalue weighted by Gasteiger charge is -2.28. The lowest BCUT2D eigenvalue weighted by Crippen LogP contribution is -2.44. The molecule has 0 atom stereocenters. The number of aryl methyl sites for hydroxylation is 1. The molecule has 4 aromatic heterocycles. The van der Waals surface area contributed by atoms with Crippen molar-refractivity contribution in [3.05, 3.63) is 66.8 Å². The van der Waals surface area contributed by atoms with Crippen LogP contribution in [0.3, 0.4) is 0 Å². The number of hydrogen-bond donors (Lipinski definition) is 2. The third-order valence-electron chi connectivity index (χ3n) is 5.94. The van der Waals surface area contributed by atoms with Gasteiger partial charge in [-0.1, -0.05) is 0 Å². The van der Waals surface area contributed by atoms with Crippen molar-refractivity contribution in [3.63, 3.8) is 0 Å². The summed E-state index contributed by atoms with van der Waals surface area (Å²) in [7, 11) is 0. The topological polar surface area (TPSA) is 105 Å². The fourth-order valence-electron chi connectivity index (χ4n) is 4.16. The lowest BCUT2D eigenvalue weighted by atomic mass is 10.2. The second kappa shape index (κ2) is 8.76. The van der Waals surface area contributed by atoms with E-state index in [0.29, 0.717) is 52.8 Å². The van der Waals surface area contributed by atoms with Gasteiger partial charge >= 0.3 is 0 Å². The van der Waals surface area contributed by atoms with Gasteiger partial charge in [0.1, 0.15) is 30.0 Å². The van der Waals surface area contributed by atoms with Crippen LogP contribution in [0.1, 0.15) is 5.56 Å². The Hall–Kier alpha value is -4.38. The van der Waals surface area contributed by atoms with Gasteiger partial charge in [-0.15, -0.1) is 0 Å². The molecule has 35 heavy (non-hydrogen) atoms. The van der Waals surface area contributed by atoms with Crippen molar-refractivity contribution < 1.29 is 9.13 Å². The summed E-state index contributed by atoms with van der Waals surface area (Å²) in [5, 5.41) is 10.9. The van der Waals surface area contributed by atoms with Crippen molar-refractivity contribution in [2.75, 3.05) is 36.4 Å². The second-order valence-corrected chi connectivity index (χ2v) is 8.25. The summed E-state index contributed by atoms with van der Waals surface area (Å²) in [6.07, 6.45) is 6.28. The Kier molecular flexibility index (Phi) is 5.30. The van der Waals surface area contributed by atoms with Gasteiger partial charge in [0.05, 0.1) is 17.1 Å². The molecule has 1 fully saturated rings. The zero-order chi connectivity index (χ0) is 23.8. The van der Waals surface area contributed by atoms with Gasteiger partial charge in [0.25, 0.3) is 0 Å². The summed E-state index contributed by atoms with van der Waals surface area (Å²) in [5.74, 6) is 1.64. The summed E-state index contributed by atoms with van der Waals surface area (Å²) in [5.41, 5.74) is 2.80. The van der Waals surface area contributed by atoms with Gasteiger partial charge in [0.15, 0.2) is 17.3 Å². The first-order valence-corrected chi connectivity index (χ1v) is 11.3. The molecule has 10 nitrogen and oxygen atoms in total. The number of benzene rings is 1. The van der Waals surface area contributed by atoms with Crippen LogP contribution in [0.25, 0.3) is 16.6 Å². The van der Waals surface area contributed by atoms with Gasteiger partial charge in [-0.3, -0.25) is 0 Å². The van der Waals surface area contributed by atoms with E-state index in [4.69, 9.17) is 4.74 Å². The number of nitrogens with one attached hydrogen (secondary N) is 2. The number of anilines is 3. The number of nitrogens with zero attached hydrogens (tertiary/aromatic N) is 7. The molecule has 0 saturated carbocycles. The molecule has 1 aliphatic rings. The van der Waals surface area contributed by atoms with E-state index in [2.05, 4.69) is 35.7 Å². The van der Waals surface area contributed by atoms with Gasteiger partial charge in [0, 0.05) is 44.1 Å². The SMILES string of the molecule is Cc1cc(Nc2ncnc3cnc(N4CCNCC4)c(F)c23)ccc1Oc1ccn2ncnc2c1. The molecule has 0 amide bonds. The average Bonchev–Trinajstić information content (AvgIpc) is 3.35. The predicted molar refractivity (Wildman–Crippen MR) is 130 cm³/mol. The fourth-order valence-corrected chi connectivity index (χ4v) is 4.16. The predicted octanol–water partition coefficient (Wildman–Crippen LogP) is 3.46. The van der Waals surface area contributed by atoms with Gasteiger partial charge < -0.3 is 20.3 Å². The highest BCUT2D eigenvalue weighted by Gasteiger charge is 2.21. The molecule has 6 rings (SSSR count). The maximum absolute atomic E-state index is 15.6. The molecule has 176 valence electrons. The molecule has 1 aliphatic heterocycles. The zero-order valence-electron chi connectivity index (χ0n) is 18.9. The van der Waals surface area contributed by atoms with Crippen molar-refractivity contribution in [2.24, 2.45) is 0 Å². The monoisotopic (exact) mass is 471 g/mol. The minimum atomic E-state index is -0.423. The largest absolute Gasteiger partial charge is 0.457 e. The van der Waals surface area contributed by atoms with E-state index in [0.717, 1.165) is 24.3 Å². The quantitative estimate of drug-likeness (QED) is 0.399. The molecule has 0 aliphatic carbocycles. The molecule has 1 saturated heterocycles. The second-order valence-electron chi connectivity index (χ2n) is 8.25. The van der Waals surface area contributed by atoms with Gasteiger partial charge in [0.2, 0.25) is 0 Å². The highest BCUT2D eigenvalue weighted by molar-refractivity contribution is 5.92. The number of aromatic nitrogens is 6. The van der Waals surface area contributed by atoms with Crippen LogP contribution in [0.4, 0.5) is 21.7 Å². The van der Waals surface area contributed by atoms with Crippen LogP contribution < -0.4 is 20.3 Å². The smallest absolute Gasteiger partial charge is 0.178 e. The molecule has 0 unspecified atom stereocenters. The Morgan fingerprint density at radius 2 is 1.91 bits per heavy atom. The first kappa shape index (κ1) is 21.2. The molecule has 1 aromatic carbocycles. The molecule has 11 heteroatoms. The summed E-state index contributed by atoms with van der Waals surface area (Å²) in [6.45, 7) is 4.90. The van der Waals surface area contributed by atoms with Crippen LogP contribution in [-0.4, -0.2) is 55.7 Å². The summed E-state index contributed by atoms with van der Waals surface area (Å²) < 4.78 is 23.3. The van der Waals surface area contributed by atoms with Crippen LogP contribution in [0.2, 0.25) is 0 Å². The minimum absolute atomic E-state index is 0.315. The molecule has 0 bridgehead atoms. The Morgan fingerprint density at radius 3 is 2.77 bits per heavy atom. The summed E-state index contributed by atoms with van der Waals surface area (Å²) >= 11 is 0. The molecule has 0 spiro atoms. The number of hydrogen-bond acceptors (Lipinski definition) is 9. The van der Waals surface area contributed by atoms with Crippen molar-refractivity contribution in [1.29, 1.82) is 0 Å². The van der Waals surface area contributed by atoms with E-state index in [-0.39, 0.29) is 0 Å². The van der Waals surface area contributed by atoms with Crippen molar-refractivity contribution >= 4 is 33.9 Å². The molecule has 5 aromatic rings. The standard InChI is InChI=1S/C24H22FN9O/c1-15-10-16(2-3-19(15)35-17-4-7-34-20(11-17)29-14-31-34)32-23-21-18(28-13-30-23)12-27-24(22(21)25)33-8-5-26-6-9-33/h2-4,7,10-14,26H,5-6,8-9H2,1H3,(H,28,30,32). The van der Waals surface area contributed by atoms with Gasteiger partial charge in [-0.25, -0.2) is 28.8 Å². The van der Waals surface area contributed by atoms with Crippen molar-refractivity contribution in [2.45, 2.75) is 6.92 Å². The summed E-state index contributed by atoms with van der Waals surface area (Å²) in [4.78, 5) is 19.0. The van der Waals surface area contributed by atoms with E-state index in [1.807, 2.05) is 42.2 Å². The number of fused-ring (bicyclic) bond motifs is 2. The Balaban J connectivity index is 1.28. The van der Waals surface area contributed by atoms with E-state index in [1.165, 1.54) is 12.7 Å². The van der Waals surface area contributed by atoms with Crippen LogP contribution >= 0.6 is 0 Å². The highest BCUT2D eigenvalue weighted by Crippen LogP contribution is 2.32. The Labute approximate surface area is 199 Å². The van der Waals surface area contributed by atoms with Gasteiger partial charge in [-0.2, -0.15) is 5.10 Å². The molecule has 2 N–H and O–H groups in total. The van der Waals surface area contributed by atoms with Crippen molar-refractivity contribution in [1.82, 2.24) is 34.9 Å². The number of halogens is 1. The molecule has 0 radical (unpaired) electrons. The van der Waals surface area contributed by atoms with E-state index >= 15 is 4.39 Å². The van der Waals surface area contributed by atoms with E-state index < -0.39 is 5.82 Å². The lowest BCUT2D eigenvalue weighted by molar-refractivity contribution is 0.478. The zero-order valence-corrected chi connectivity index (χ0v) is 18.9. The number of pyridine rings is 2. The van der Waals surface area contributed by atoms with Crippen molar-refractivity contribution in [3.8, 4) is 11.5 Å². The maximum atomic E-state index is 15.6. The number of piperazine rings is 1. The first-order valence-electron chi connectivity index (χ1n) is 11.3. The molecule has 5 heterocycles. The average molecular weight is 472 g/mol. The van der Waals surface area contributed by atoms with Crippen LogP contribution in [-0.2, 0) is 0 Å². The highest BCUT2D eigenvalue weighted by atomic mass is 19.1. The Bertz CT molecular complexity index is 1530. The van der Waals surface area contributed by atoms with Crippen LogP contribution in [0.15, 0.2) is 55.4 Å². The number of ether oxygens (including phenoxy) is 1. The van der Waals surface area contributed by atoms with Crippen LogP contribution in [0, 0.1) is 12.7 Å². The maximum Gasteiger partial charge on any atom is 0.178 e. The fraction of sp³-hybridized carbons (Fsp3) is 0.208. The summed E-state index contributed by atoms with van der Waals surface area (Å²) in [6, 6.07) is 9.29. The third-order valence-corrected chi connectivity index (χ3v) is 5.94. The normalized spacial score (nSPS) is 13.9. The van der Waals surface area contributed by atoms with E-state index in [1.54, 1.807) is 16.9 Å². The first-order chi connectivity index (χ1) is 17.2. The van der Waals surface area contributed by atoms with E-state index in [9.17, 15) is 0 Å². The molecular formula is C24H22FN9O. The van der Waals surface area contributed by atoms with Crippen LogP contribution in [0.5, 0.6) is 11.5 Å². The number of rotatable bonds is 5. The Morgan fingerprint density at radius 1 is 1.03 bits per heavy atom.